The number of aryl methyl sites for hydroxylation is 3. The maximum Gasteiger partial charge on any atom is 0.329 e. The van der Waals surface area contributed by atoms with E-state index in [-0.39, 0.29) is 5.97 Å². The van der Waals surface area contributed by atoms with Gasteiger partial charge in [0.2, 0.25) is 0 Å². The number of hydrogen-bond donors (Lipinski definition) is 1. The molecule has 1 N–H and O–H groups in total. The largest absolute Gasteiger partial charge is 0.466 e. The Morgan fingerprint density at radius 2 is 1.95 bits per heavy atom. The predicted molar refractivity (Wildman–Crippen MR) is 76.1 cm³/mol. The predicted octanol–water partition coefficient (Wildman–Crippen LogP) is -0.154. The second kappa shape index (κ2) is 5.94. The number of ether oxygens (including phenoxy) is 1. The van der Waals surface area contributed by atoms with Gasteiger partial charge in [0.25, 0.3) is 5.56 Å². The molecule has 0 unspecified atom stereocenters. The highest BCUT2D eigenvalue weighted by Gasteiger charge is 2.14. The van der Waals surface area contributed by atoms with Crippen molar-refractivity contribution in [3.05, 3.63) is 26.7 Å². The average molecular weight is 294 g/mol. The van der Waals surface area contributed by atoms with Crippen LogP contribution in [0, 0.1) is 0 Å². The Morgan fingerprint density at radius 1 is 1.24 bits per heavy atom. The lowest BCUT2D eigenvalue weighted by Crippen LogP contribution is -2.29. The Bertz CT molecular complexity index is 784. The van der Waals surface area contributed by atoms with E-state index < -0.39 is 11.2 Å². The first-order valence-electron chi connectivity index (χ1n) is 6.69. The number of aromatic amines is 1. The molecule has 8 heteroatoms. The smallest absolute Gasteiger partial charge is 0.329 e. The summed E-state index contributed by atoms with van der Waals surface area (Å²) in [5.74, 6) is 0.429. The zero-order chi connectivity index (χ0) is 15.6. The fourth-order valence-corrected chi connectivity index (χ4v) is 2.18. The number of H-pyrrole nitrogens is 1. The highest BCUT2D eigenvalue weighted by molar-refractivity contribution is 5.70. The number of carbonyl (C=O) groups excluding carboxylic acids is 1. The van der Waals surface area contributed by atoms with Crippen LogP contribution < -0.4 is 11.2 Å². The van der Waals surface area contributed by atoms with Crippen molar-refractivity contribution in [3.63, 3.8) is 0 Å². The van der Waals surface area contributed by atoms with Gasteiger partial charge in [0.15, 0.2) is 11.2 Å². The standard InChI is InChI=1S/C13H18N4O4/c1-8(18)21-7-5-4-6-9-14-11-10(16(9)2)12(19)15-13(20)17(11)3/h4-7H2,1-3H3,(H,15,19,20). The van der Waals surface area contributed by atoms with Crippen LogP contribution in [0.1, 0.15) is 25.6 Å². The third-order valence-electron chi connectivity index (χ3n) is 3.33. The summed E-state index contributed by atoms with van der Waals surface area (Å²) < 4.78 is 7.87. The van der Waals surface area contributed by atoms with Crippen LogP contribution in [0.3, 0.4) is 0 Å². The SMILES string of the molecule is CC(=O)OCCCCc1nc2c(c(=O)[nH]c(=O)n2C)n1C. The molecule has 0 saturated carbocycles. The molecule has 0 saturated heterocycles. The molecule has 0 aliphatic heterocycles. The van der Waals surface area contributed by atoms with E-state index in [9.17, 15) is 14.4 Å². The van der Waals surface area contributed by atoms with E-state index in [0.29, 0.717) is 24.2 Å². The minimum atomic E-state index is -0.480. The number of carbonyl (C=O) groups is 1. The van der Waals surface area contributed by atoms with E-state index >= 15 is 0 Å². The van der Waals surface area contributed by atoms with E-state index in [0.717, 1.165) is 18.7 Å². The Kier molecular flexibility index (Phi) is 4.25. The minimum absolute atomic E-state index is 0.292. The fourth-order valence-electron chi connectivity index (χ4n) is 2.18. The number of hydrogen-bond acceptors (Lipinski definition) is 5. The second-order valence-corrected chi connectivity index (χ2v) is 4.87. The van der Waals surface area contributed by atoms with Crippen molar-refractivity contribution < 1.29 is 9.53 Å². The van der Waals surface area contributed by atoms with E-state index in [2.05, 4.69) is 9.97 Å². The van der Waals surface area contributed by atoms with Gasteiger partial charge >= 0.3 is 11.7 Å². The summed E-state index contributed by atoms with van der Waals surface area (Å²) in [5.41, 5.74) is -0.158. The summed E-state index contributed by atoms with van der Waals surface area (Å²) in [7, 11) is 3.31. The van der Waals surface area contributed by atoms with Gasteiger partial charge in [-0.2, -0.15) is 0 Å². The van der Waals surface area contributed by atoms with Crippen molar-refractivity contribution >= 4 is 17.1 Å². The lowest BCUT2D eigenvalue weighted by Gasteiger charge is -2.02. The van der Waals surface area contributed by atoms with Crippen molar-refractivity contribution in [2.24, 2.45) is 14.1 Å². The first kappa shape index (κ1) is 15.0. The molecular formula is C13H18N4O4. The highest BCUT2D eigenvalue weighted by atomic mass is 16.5. The molecule has 0 fully saturated rings. The van der Waals surface area contributed by atoms with Crippen molar-refractivity contribution in [1.82, 2.24) is 19.1 Å². The van der Waals surface area contributed by atoms with Crippen LogP contribution in [0.2, 0.25) is 0 Å². The average Bonchev–Trinajstić information content (AvgIpc) is 2.73. The zero-order valence-electron chi connectivity index (χ0n) is 12.3. The van der Waals surface area contributed by atoms with Crippen LogP contribution in [0.25, 0.3) is 11.2 Å². The maximum atomic E-state index is 11.8. The fraction of sp³-hybridized carbons (Fsp3) is 0.538. The first-order valence-corrected chi connectivity index (χ1v) is 6.69. The first-order chi connectivity index (χ1) is 9.91. The Labute approximate surface area is 120 Å². The van der Waals surface area contributed by atoms with Gasteiger partial charge in [-0.3, -0.25) is 19.1 Å². The zero-order valence-corrected chi connectivity index (χ0v) is 12.3. The molecule has 2 heterocycles. The lowest BCUT2D eigenvalue weighted by atomic mass is 10.2. The molecule has 0 amide bonds. The van der Waals surface area contributed by atoms with Gasteiger partial charge in [0.1, 0.15) is 5.82 Å². The quantitative estimate of drug-likeness (QED) is 0.610. The van der Waals surface area contributed by atoms with Crippen LogP contribution in [-0.2, 0) is 30.0 Å². The van der Waals surface area contributed by atoms with E-state index in [1.807, 2.05) is 0 Å². The maximum absolute atomic E-state index is 11.8. The van der Waals surface area contributed by atoms with Gasteiger partial charge in [0, 0.05) is 27.4 Å². The number of esters is 1. The van der Waals surface area contributed by atoms with Crippen LogP contribution >= 0.6 is 0 Å². The summed E-state index contributed by atoms with van der Waals surface area (Å²) in [5, 5.41) is 0. The van der Waals surface area contributed by atoms with Crippen molar-refractivity contribution in [2.75, 3.05) is 6.61 Å². The molecule has 0 aliphatic carbocycles. The van der Waals surface area contributed by atoms with Gasteiger partial charge in [-0.1, -0.05) is 0 Å². The Balaban J connectivity index is 2.18. The van der Waals surface area contributed by atoms with Crippen LogP contribution in [0.5, 0.6) is 0 Å². The van der Waals surface area contributed by atoms with E-state index in [1.54, 1.807) is 18.7 Å². The molecule has 114 valence electrons. The second-order valence-electron chi connectivity index (χ2n) is 4.87. The summed E-state index contributed by atoms with van der Waals surface area (Å²) in [6.07, 6.45) is 2.13. The van der Waals surface area contributed by atoms with Gasteiger partial charge < -0.3 is 9.30 Å². The highest BCUT2D eigenvalue weighted by Crippen LogP contribution is 2.11. The molecule has 2 aromatic rings. The normalized spacial score (nSPS) is 11.0. The Hall–Kier alpha value is -2.38. The third-order valence-corrected chi connectivity index (χ3v) is 3.33. The number of aromatic nitrogens is 4. The van der Waals surface area contributed by atoms with Gasteiger partial charge in [-0.25, -0.2) is 9.78 Å². The third kappa shape index (κ3) is 3.04. The molecule has 0 radical (unpaired) electrons. The minimum Gasteiger partial charge on any atom is -0.466 e. The van der Waals surface area contributed by atoms with Gasteiger partial charge in [0.05, 0.1) is 6.61 Å². The molecule has 8 nitrogen and oxygen atoms in total. The van der Waals surface area contributed by atoms with E-state index in [1.165, 1.54) is 11.5 Å². The number of rotatable bonds is 5. The molecular weight excluding hydrogens is 276 g/mol. The summed E-state index contributed by atoms with van der Waals surface area (Å²) in [6.45, 7) is 1.75. The molecule has 0 aliphatic rings. The number of fused-ring (bicyclic) bond motifs is 1. The number of nitrogens with zero attached hydrogens (tertiary/aromatic N) is 3. The molecule has 0 atom stereocenters. The van der Waals surface area contributed by atoms with Crippen LogP contribution in [0.15, 0.2) is 9.59 Å². The topological polar surface area (TPSA) is 99.0 Å². The molecule has 0 bridgehead atoms. The molecule has 0 aromatic carbocycles. The molecule has 21 heavy (non-hydrogen) atoms. The molecule has 2 aromatic heterocycles. The Morgan fingerprint density at radius 3 is 2.62 bits per heavy atom. The van der Waals surface area contributed by atoms with Gasteiger partial charge in [-0.15, -0.1) is 0 Å². The van der Waals surface area contributed by atoms with Crippen molar-refractivity contribution in [2.45, 2.75) is 26.2 Å². The van der Waals surface area contributed by atoms with Gasteiger partial charge in [-0.05, 0) is 12.8 Å². The number of nitrogens with one attached hydrogen (secondary N) is 1. The van der Waals surface area contributed by atoms with E-state index in [4.69, 9.17) is 4.74 Å². The lowest BCUT2D eigenvalue weighted by molar-refractivity contribution is -0.141. The summed E-state index contributed by atoms with van der Waals surface area (Å²) >= 11 is 0. The van der Waals surface area contributed by atoms with Crippen LogP contribution in [-0.4, -0.2) is 31.7 Å². The monoisotopic (exact) mass is 294 g/mol. The number of imidazole rings is 1. The number of unbranched alkanes of at least 4 members (excludes halogenated alkanes) is 1. The molecule has 0 spiro atoms. The summed E-state index contributed by atoms with van der Waals surface area (Å²) in [6, 6.07) is 0. The van der Waals surface area contributed by atoms with Crippen molar-refractivity contribution in [3.8, 4) is 0 Å². The van der Waals surface area contributed by atoms with Crippen molar-refractivity contribution in [1.29, 1.82) is 0 Å². The van der Waals surface area contributed by atoms with Crippen LogP contribution in [0.4, 0.5) is 0 Å². The molecule has 2 rings (SSSR count). The summed E-state index contributed by atoms with van der Waals surface area (Å²) in [4.78, 5) is 40.7.